The van der Waals surface area contributed by atoms with Crippen molar-refractivity contribution in [3.8, 4) is 5.75 Å². The predicted molar refractivity (Wildman–Crippen MR) is 122 cm³/mol. The maximum Gasteiger partial charge on any atom is 0.306 e. The second-order valence-corrected chi connectivity index (χ2v) is 9.06. The van der Waals surface area contributed by atoms with Crippen molar-refractivity contribution in [1.82, 2.24) is 15.2 Å². The Labute approximate surface area is 188 Å². The molecule has 3 heterocycles. The molecule has 1 saturated carbocycles. The molecule has 162 valence electrons. The highest BCUT2D eigenvalue weighted by Crippen LogP contribution is 2.40. The van der Waals surface area contributed by atoms with Gasteiger partial charge in [0.15, 0.2) is 0 Å². The van der Waals surface area contributed by atoms with Crippen LogP contribution in [0.5, 0.6) is 5.75 Å². The number of H-pyrrole nitrogens is 1. The molecule has 1 aromatic carbocycles. The highest BCUT2D eigenvalue weighted by Gasteiger charge is 2.41. The first kappa shape index (κ1) is 20.0. The Morgan fingerprint density at radius 1 is 1.32 bits per heavy atom. The molecule has 0 spiro atoms. The molecule has 5 N–H and O–H groups in total. The number of carboxylic acids is 1. The fraction of sp³-hybridized carbons (Fsp3) is 0.364. The zero-order valence-corrected chi connectivity index (χ0v) is 18.6. The molecular formula is C22H24BrN5O3. The second-order valence-electron chi connectivity index (χ2n) is 8.20. The molecule has 5 rings (SSSR count). The number of nitrogens with zero attached hydrogens (tertiary/aromatic N) is 2. The van der Waals surface area contributed by atoms with Gasteiger partial charge in [-0.1, -0.05) is 15.9 Å². The van der Waals surface area contributed by atoms with Crippen LogP contribution < -0.4 is 15.8 Å². The van der Waals surface area contributed by atoms with Crippen molar-refractivity contribution in [2.45, 2.75) is 31.8 Å². The number of amidine groups is 1. The third-order valence-corrected chi connectivity index (χ3v) is 7.22. The number of carboxylic acid groups (broad SMARTS) is 1. The lowest BCUT2D eigenvalue weighted by molar-refractivity contribution is -0.143. The van der Waals surface area contributed by atoms with E-state index in [-0.39, 0.29) is 12.1 Å². The Balaban J connectivity index is 1.51. The molecule has 2 aliphatic heterocycles. The number of hydrogen-bond donors (Lipinski definition) is 4. The topological polar surface area (TPSA) is 116 Å². The minimum absolute atomic E-state index is 0.00166. The summed E-state index contributed by atoms with van der Waals surface area (Å²) in [6, 6.07) is 5.96. The summed E-state index contributed by atoms with van der Waals surface area (Å²) < 4.78 is 6.50. The molecule has 1 aromatic heterocycles. The minimum Gasteiger partial charge on any atom is -0.495 e. The van der Waals surface area contributed by atoms with Gasteiger partial charge in [0.05, 0.1) is 29.9 Å². The van der Waals surface area contributed by atoms with Crippen LogP contribution in [0.1, 0.15) is 31.4 Å². The van der Waals surface area contributed by atoms with Gasteiger partial charge in [-0.25, -0.2) is 4.99 Å². The normalized spacial score (nSPS) is 25.4. The summed E-state index contributed by atoms with van der Waals surface area (Å²) >= 11 is 3.62. The van der Waals surface area contributed by atoms with Crippen molar-refractivity contribution in [3.63, 3.8) is 0 Å². The van der Waals surface area contributed by atoms with Crippen LogP contribution in [0, 0.1) is 11.8 Å². The molecule has 0 radical (unpaired) electrons. The van der Waals surface area contributed by atoms with Gasteiger partial charge >= 0.3 is 5.97 Å². The lowest BCUT2D eigenvalue weighted by Crippen LogP contribution is -2.44. The van der Waals surface area contributed by atoms with Gasteiger partial charge in [0.2, 0.25) is 0 Å². The average Bonchev–Trinajstić information content (AvgIpc) is 3.38. The molecule has 0 saturated heterocycles. The van der Waals surface area contributed by atoms with Crippen molar-refractivity contribution in [1.29, 1.82) is 0 Å². The fourth-order valence-corrected chi connectivity index (χ4v) is 5.37. The monoisotopic (exact) mass is 485 g/mol. The van der Waals surface area contributed by atoms with E-state index in [1.807, 2.05) is 18.3 Å². The van der Waals surface area contributed by atoms with Gasteiger partial charge in [0.1, 0.15) is 23.4 Å². The first-order valence-electron chi connectivity index (χ1n) is 10.4. The highest BCUT2D eigenvalue weighted by molar-refractivity contribution is 9.10. The van der Waals surface area contributed by atoms with Gasteiger partial charge in [-0.2, -0.15) is 0 Å². The van der Waals surface area contributed by atoms with Crippen molar-refractivity contribution < 1.29 is 14.6 Å². The van der Waals surface area contributed by atoms with E-state index in [0.717, 1.165) is 51.1 Å². The van der Waals surface area contributed by atoms with Gasteiger partial charge < -0.3 is 30.8 Å². The summed E-state index contributed by atoms with van der Waals surface area (Å²) in [6.45, 7) is 0. The number of fused-ring (bicyclic) bond motifs is 2. The number of nitrogens with two attached hydrogens (primary N) is 1. The molecule has 0 amide bonds. The number of rotatable bonds is 4. The number of hydrogen-bond acceptors (Lipinski definition) is 6. The first-order chi connectivity index (χ1) is 15.0. The van der Waals surface area contributed by atoms with E-state index in [2.05, 4.69) is 42.2 Å². The van der Waals surface area contributed by atoms with E-state index in [0.29, 0.717) is 24.6 Å². The predicted octanol–water partition coefficient (Wildman–Crippen LogP) is 3.57. The number of nitrogens with one attached hydrogen (secondary N) is 2. The Hall–Kier alpha value is -2.94. The van der Waals surface area contributed by atoms with E-state index >= 15 is 0 Å². The van der Waals surface area contributed by atoms with E-state index in [9.17, 15) is 9.90 Å². The SMILES string of the molecule is COc1ccc(Br)c2cc(C3=C4C(N)=NC=CN4C([C@H]4CC[C@H](C(=O)O)CC4)N3)[nH]c12. The third-order valence-electron chi connectivity index (χ3n) is 6.53. The van der Waals surface area contributed by atoms with Crippen LogP contribution in [-0.2, 0) is 4.79 Å². The van der Waals surface area contributed by atoms with Crippen molar-refractivity contribution in [3.05, 3.63) is 46.5 Å². The van der Waals surface area contributed by atoms with Crippen LogP contribution in [0.25, 0.3) is 16.6 Å². The maximum absolute atomic E-state index is 11.4. The Morgan fingerprint density at radius 3 is 2.81 bits per heavy atom. The smallest absolute Gasteiger partial charge is 0.306 e. The second kappa shape index (κ2) is 7.64. The van der Waals surface area contributed by atoms with Crippen LogP contribution in [-0.4, -0.2) is 40.1 Å². The van der Waals surface area contributed by atoms with E-state index < -0.39 is 5.97 Å². The first-order valence-corrected chi connectivity index (χ1v) is 11.1. The van der Waals surface area contributed by atoms with Crippen LogP contribution in [0.2, 0.25) is 0 Å². The van der Waals surface area contributed by atoms with Crippen LogP contribution in [0.15, 0.2) is 45.8 Å². The van der Waals surface area contributed by atoms with Crippen molar-refractivity contribution in [2.24, 2.45) is 22.6 Å². The summed E-state index contributed by atoms with van der Waals surface area (Å²) in [5.74, 6) is 0.593. The van der Waals surface area contributed by atoms with Crippen molar-refractivity contribution in [2.75, 3.05) is 7.11 Å². The molecule has 1 aliphatic carbocycles. The number of methoxy groups -OCH3 is 1. The van der Waals surface area contributed by atoms with Crippen LogP contribution in [0.4, 0.5) is 0 Å². The molecule has 1 unspecified atom stereocenters. The Kier molecular flexibility index (Phi) is 4.92. The maximum atomic E-state index is 11.4. The fourth-order valence-electron chi connectivity index (χ4n) is 4.92. The minimum atomic E-state index is -0.691. The molecular weight excluding hydrogens is 462 g/mol. The third kappa shape index (κ3) is 3.27. The molecule has 1 fully saturated rings. The number of aromatic amines is 1. The summed E-state index contributed by atoms with van der Waals surface area (Å²) in [5.41, 5.74) is 9.85. The number of benzene rings is 1. The lowest BCUT2D eigenvalue weighted by Gasteiger charge is -2.36. The van der Waals surface area contributed by atoms with Gasteiger partial charge in [0, 0.05) is 22.3 Å². The van der Waals surface area contributed by atoms with Gasteiger partial charge in [-0.05, 0) is 49.8 Å². The Morgan fingerprint density at radius 2 is 2.10 bits per heavy atom. The number of aliphatic imine (C=N–C) groups is 1. The van der Waals surface area contributed by atoms with Gasteiger partial charge in [-0.3, -0.25) is 4.79 Å². The Bertz CT molecular complexity index is 1140. The molecule has 1 atom stereocenters. The molecule has 31 heavy (non-hydrogen) atoms. The molecule has 0 bridgehead atoms. The standard InChI is InChI=1S/C22H24BrN5O3/c1-31-16-7-6-14(23)13-10-15(26-17(13)16)18-19-20(24)25-8-9-28(19)21(27-18)11-2-4-12(5-3-11)22(29)30/h6-12,21,26-27H,2-5H2,1H3,(H2,24,25)(H,29,30)/t11-,12-,21?. The number of aromatic nitrogens is 1. The van der Waals surface area contributed by atoms with Crippen molar-refractivity contribution >= 4 is 44.3 Å². The summed E-state index contributed by atoms with van der Waals surface area (Å²) in [6.07, 6.45) is 6.75. The molecule has 8 nitrogen and oxygen atoms in total. The van der Waals surface area contributed by atoms with Gasteiger partial charge in [-0.15, -0.1) is 0 Å². The molecule has 9 heteroatoms. The highest BCUT2D eigenvalue weighted by atomic mass is 79.9. The summed E-state index contributed by atoms with van der Waals surface area (Å²) in [4.78, 5) is 21.3. The number of carbonyl (C=O) groups is 1. The number of aliphatic carboxylic acids is 1. The van der Waals surface area contributed by atoms with Crippen LogP contribution >= 0.6 is 15.9 Å². The number of ether oxygens (including phenoxy) is 1. The summed E-state index contributed by atoms with van der Waals surface area (Å²) in [7, 11) is 1.65. The zero-order chi connectivity index (χ0) is 21.7. The molecule has 2 aromatic rings. The average molecular weight is 486 g/mol. The largest absolute Gasteiger partial charge is 0.495 e. The van der Waals surface area contributed by atoms with Crippen LogP contribution in [0.3, 0.4) is 0 Å². The summed E-state index contributed by atoms with van der Waals surface area (Å²) in [5, 5.41) is 14.0. The van der Waals surface area contributed by atoms with E-state index in [1.54, 1.807) is 13.3 Å². The molecule has 3 aliphatic rings. The van der Waals surface area contributed by atoms with E-state index in [4.69, 9.17) is 10.5 Å². The zero-order valence-electron chi connectivity index (χ0n) is 17.1. The quantitative estimate of drug-likeness (QED) is 0.525. The lowest BCUT2D eigenvalue weighted by atomic mass is 9.80. The van der Waals surface area contributed by atoms with E-state index in [1.165, 1.54) is 0 Å². The number of halogens is 1. The van der Waals surface area contributed by atoms with Gasteiger partial charge in [0.25, 0.3) is 0 Å².